The average molecular weight is 250 g/mol. The minimum Gasteiger partial charge on any atom is -0.397 e. The molecule has 0 aliphatic rings. The maximum absolute atomic E-state index is 11.7. The van der Waals surface area contributed by atoms with Crippen molar-refractivity contribution in [2.45, 2.75) is 39.7 Å². The van der Waals surface area contributed by atoms with Crippen molar-refractivity contribution in [2.75, 3.05) is 17.7 Å². The van der Waals surface area contributed by atoms with E-state index in [0.717, 1.165) is 18.4 Å². The van der Waals surface area contributed by atoms with E-state index >= 15 is 0 Å². The Morgan fingerprint density at radius 2 is 2.22 bits per heavy atom. The van der Waals surface area contributed by atoms with Crippen LogP contribution in [0.4, 0.5) is 11.4 Å². The monoisotopic (exact) mass is 250 g/mol. The lowest BCUT2D eigenvalue weighted by Crippen LogP contribution is -2.22. The number of carbonyl (C=O) groups is 1. The van der Waals surface area contributed by atoms with Gasteiger partial charge in [-0.3, -0.25) is 4.79 Å². The van der Waals surface area contributed by atoms with Gasteiger partial charge in [-0.05, 0) is 38.0 Å². The molecule has 1 aromatic rings. The van der Waals surface area contributed by atoms with Crippen LogP contribution >= 0.6 is 0 Å². The quantitative estimate of drug-likeness (QED) is 0.763. The number of carbonyl (C=O) groups excluding carboxylic acids is 1. The summed E-state index contributed by atoms with van der Waals surface area (Å²) in [5.41, 5.74) is 8.10. The zero-order valence-electron chi connectivity index (χ0n) is 11.3. The molecule has 0 radical (unpaired) electrons. The number of ether oxygens (including phenoxy) is 1. The number of rotatable bonds is 6. The summed E-state index contributed by atoms with van der Waals surface area (Å²) in [7, 11) is 0. The van der Waals surface area contributed by atoms with Crippen LogP contribution in [-0.4, -0.2) is 18.6 Å². The molecule has 4 heteroatoms. The second-order valence-electron chi connectivity index (χ2n) is 4.55. The summed E-state index contributed by atoms with van der Waals surface area (Å²) in [6, 6.07) is 5.54. The molecule has 1 unspecified atom stereocenters. The van der Waals surface area contributed by atoms with Crippen molar-refractivity contribution in [1.29, 1.82) is 0 Å². The highest BCUT2D eigenvalue weighted by atomic mass is 16.5. The first-order chi connectivity index (χ1) is 8.52. The van der Waals surface area contributed by atoms with E-state index in [0.29, 0.717) is 11.4 Å². The fraction of sp³-hybridized carbons (Fsp3) is 0.500. The van der Waals surface area contributed by atoms with Gasteiger partial charge in [0, 0.05) is 0 Å². The number of hydrogen-bond donors (Lipinski definition) is 2. The van der Waals surface area contributed by atoms with E-state index in [1.807, 2.05) is 26.0 Å². The van der Waals surface area contributed by atoms with Gasteiger partial charge in [-0.25, -0.2) is 0 Å². The van der Waals surface area contributed by atoms with Gasteiger partial charge in [-0.15, -0.1) is 0 Å². The van der Waals surface area contributed by atoms with E-state index < -0.39 is 0 Å². The maximum atomic E-state index is 11.7. The molecule has 0 saturated carbocycles. The van der Waals surface area contributed by atoms with Crippen LogP contribution in [0.1, 0.15) is 32.3 Å². The van der Waals surface area contributed by atoms with Crippen molar-refractivity contribution in [2.24, 2.45) is 0 Å². The Bertz CT molecular complexity index is 405. The molecule has 0 aliphatic heterocycles. The van der Waals surface area contributed by atoms with Crippen LogP contribution in [0.2, 0.25) is 0 Å². The van der Waals surface area contributed by atoms with Crippen molar-refractivity contribution in [1.82, 2.24) is 0 Å². The molecule has 0 saturated heterocycles. The Morgan fingerprint density at radius 3 is 2.83 bits per heavy atom. The lowest BCUT2D eigenvalue weighted by molar-refractivity contribution is -0.122. The highest BCUT2D eigenvalue weighted by Gasteiger charge is 2.08. The summed E-state index contributed by atoms with van der Waals surface area (Å²) in [5.74, 6) is -0.173. The molecule has 0 spiro atoms. The largest absolute Gasteiger partial charge is 0.397 e. The Kier molecular flexibility index (Phi) is 5.65. The molecule has 4 nitrogen and oxygen atoms in total. The standard InChI is InChI=1S/C14H22N2O2/c1-4-5-11(3)18-9-14(17)16-13-7-6-10(2)8-12(13)15/h6-8,11H,4-5,9,15H2,1-3H3,(H,16,17). The lowest BCUT2D eigenvalue weighted by Gasteiger charge is -2.13. The van der Waals surface area contributed by atoms with Crippen LogP contribution in [0.3, 0.4) is 0 Å². The van der Waals surface area contributed by atoms with Gasteiger partial charge in [0.15, 0.2) is 0 Å². The summed E-state index contributed by atoms with van der Waals surface area (Å²) in [6.07, 6.45) is 2.12. The van der Waals surface area contributed by atoms with E-state index in [1.54, 1.807) is 6.07 Å². The Hall–Kier alpha value is -1.55. The Balaban J connectivity index is 2.44. The molecule has 1 aromatic carbocycles. The number of aryl methyl sites for hydroxylation is 1. The Labute approximate surface area is 109 Å². The summed E-state index contributed by atoms with van der Waals surface area (Å²) in [6.45, 7) is 6.08. The maximum Gasteiger partial charge on any atom is 0.250 e. The molecule has 18 heavy (non-hydrogen) atoms. The molecule has 0 aliphatic carbocycles. The first-order valence-electron chi connectivity index (χ1n) is 6.30. The smallest absolute Gasteiger partial charge is 0.250 e. The summed E-state index contributed by atoms with van der Waals surface area (Å²) in [5, 5.41) is 2.75. The van der Waals surface area contributed by atoms with Gasteiger partial charge in [0.2, 0.25) is 5.91 Å². The third kappa shape index (κ3) is 4.75. The highest BCUT2D eigenvalue weighted by Crippen LogP contribution is 2.19. The molecule has 1 rings (SSSR count). The summed E-state index contributed by atoms with van der Waals surface area (Å²) in [4.78, 5) is 11.7. The zero-order valence-corrected chi connectivity index (χ0v) is 11.3. The van der Waals surface area contributed by atoms with Crippen molar-refractivity contribution < 1.29 is 9.53 Å². The second-order valence-corrected chi connectivity index (χ2v) is 4.55. The van der Waals surface area contributed by atoms with Gasteiger partial charge >= 0.3 is 0 Å². The molecule has 1 atom stereocenters. The molecule has 100 valence electrons. The van der Waals surface area contributed by atoms with Gasteiger partial charge in [-0.2, -0.15) is 0 Å². The van der Waals surface area contributed by atoms with Gasteiger partial charge in [0.25, 0.3) is 0 Å². The SMILES string of the molecule is CCCC(C)OCC(=O)Nc1ccc(C)cc1N. The second kappa shape index (κ2) is 7.01. The molecule has 1 amide bonds. The first-order valence-corrected chi connectivity index (χ1v) is 6.30. The zero-order chi connectivity index (χ0) is 13.5. The molecule has 0 aromatic heterocycles. The molecule has 0 bridgehead atoms. The topological polar surface area (TPSA) is 64.3 Å². The number of nitrogen functional groups attached to an aromatic ring is 1. The fourth-order valence-electron chi connectivity index (χ4n) is 1.69. The van der Waals surface area contributed by atoms with Gasteiger partial charge in [0.05, 0.1) is 17.5 Å². The molecule has 0 fully saturated rings. The molecular weight excluding hydrogens is 228 g/mol. The molecule has 0 heterocycles. The number of benzene rings is 1. The number of nitrogens with one attached hydrogen (secondary N) is 1. The van der Waals surface area contributed by atoms with Crippen molar-refractivity contribution in [3.8, 4) is 0 Å². The van der Waals surface area contributed by atoms with Crippen molar-refractivity contribution in [3.63, 3.8) is 0 Å². The summed E-state index contributed by atoms with van der Waals surface area (Å²) < 4.78 is 5.43. The van der Waals surface area contributed by atoms with E-state index in [2.05, 4.69) is 12.2 Å². The molecular formula is C14H22N2O2. The highest BCUT2D eigenvalue weighted by molar-refractivity contribution is 5.94. The van der Waals surface area contributed by atoms with Gasteiger partial charge in [0.1, 0.15) is 6.61 Å². The average Bonchev–Trinajstić information content (AvgIpc) is 2.31. The lowest BCUT2D eigenvalue weighted by atomic mass is 10.2. The van der Waals surface area contributed by atoms with E-state index in [9.17, 15) is 4.79 Å². The van der Waals surface area contributed by atoms with Gasteiger partial charge in [-0.1, -0.05) is 19.4 Å². The van der Waals surface area contributed by atoms with Crippen LogP contribution in [-0.2, 0) is 9.53 Å². The third-order valence-electron chi connectivity index (χ3n) is 2.68. The number of amides is 1. The van der Waals surface area contributed by atoms with E-state index in [-0.39, 0.29) is 18.6 Å². The third-order valence-corrected chi connectivity index (χ3v) is 2.68. The number of nitrogens with two attached hydrogens (primary N) is 1. The van der Waals surface area contributed by atoms with Crippen molar-refractivity contribution in [3.05, 3.63) is 23.8 Å². The minimum atomic E-state index is -0.173. The van der Waals surface area contributed by atoms with Crippen LogP contribution < -0.4 is 11.1 Å². The van der Waals surface area contributed by atoms with Crippen LogP contribution in [0.5, 0.6) is 0 Å². The van der Waals surface area contributed by atoms with Crippen LogP contribution in [0, 0.1) is 6.92 Å². The predicted octanol–water partition coefficient (Wildman–Crippen LogP) is 2.72. The van der Waals surface area contributed by atoms with Crippen molar-refractivity contribution >= 4 is 17.3 Å². The number of hydrogen-bond acceptors (Lipinski definition) is 3. The van der Waals surface area contributed by atoms with Crippen LogP contribution in [0.15, 0.2) is 18.2 Å². The normalized spacial score (nSPS) is 12.2. The summed E-state index contributed by atoms with van der Waals surface area (Å²) >= 11 is 0. The minimum absolute atomic E-state index is 0.0640. The van der Waals surface area contributed by atoms with E-state index in [4.69, 9.17) is 10.5 Å². The van der Waals surface area contributed by atoms with E-state index in [1.165, 1.54) is 0 Å². The predicted molar refractivity (Wildman–Crippen MR) is 74.5 cm³/mol. The molecule has 3 N–H and O–H groups in total. The fourth-order valence-corrected chi connectivity index (χ4v) is 1.69. The Morgan fingerprint density at radius 1 is 1.50 bits per heavy atom. The van der Waals surface area contributed by atoms with Crippen LogP contribution in [0.25, 0.3) is 0 Å². The van der Waals surface area contributed by atoms with Gasteiger partial charge < -0.3 is 15.8 Å². The first kappa shape index (κ1) is 14.5. The number of anilines is 2.